The third-order valence-electron chi connectivity index (χ3n) is 0. The van der Waals surface area contributed by atoms with Crippen LogP contribution in [0.2, 0.25) is 0 Å². The molecule has 0 rings (SSSR count). The molecule has 0 aromatic heterocycles. The number of hydrogen-bond donors (Lipinski definition) is 0. The lowest BCUT2D eigenvalue weighted by molar-refractivity contribution is 2.20. The van der Waals surface area contributed by atoms with Gasteiger partial charge in [-0.25, -0.2) is 0 Å². The number of alkyl halides is 2. The molecule has 0 aliphatic heterocycles. The van der Waals surface area contributed by atoms with E-state index < -0.39 is 0 Å². The topological polar surface area (TPSA) is 0 Å². The molecule has 0 bridgehead atoms. The smallest absolute Gasteiger partial charge is 0.0967 e. The van der Waals surface area contributed by atoms with Gasteiger partial charge in [0.25, 0.3) is 0 Å². The van der Waals surface area contributed by atoms with Gasteiger partial charge in [-0.3, -0.25) is 0 Å². The second-order valence-electron chi connectivity index (χ2n) is 0.101. The summed E-state index contributed by atoms with van der Waals surface area (Å²) in [5.74, 6) is 0. The number of hydrogen-bond acceptors (Lipinski definition) is 0. The molecule has 0 aliphatic carbocycles. The van der Waals surface area contributed by atoms with Crippen LogP contribution in [-0.2, 0) is 0 Å². The fraction of sp³-hybridized carbons (Fsp3) is 1.00. The molecule has 6 heteroatoms. The van der Waals surface area contributed by atoms with Gasteiger partial charge in [-0.15, -0.1) is 74.1 Å². The summed E-state index contributed by atoms with van der Waals surface area (Å²) < 4.78 is 0. The van der Waals surface area contributed by atoms with E-state index in [1.165, 1.54) is 0 Å². The fourth-order valence-electron chi connectivity index (χ4n) is 0. The van der Waals surface area contributed by atoms with Crippen molar-refractivity contribution in [3.63, 3.8) is 0 Å². The average Bonchev–Trinajstić information content (AvgIpc) is 0.918. The number of rotatable bonds is 0. The highest BCUT2D eigenvalue weighted by atomic mass is 79.9. The predicted molar refractivity (Wildman–Crippen MR) is 53.3 cm³/mol. The van der Waals surface area contributed by atoms with Gasteiger partial charge in [0, 0.05) is 8.41 Å². The zero-order chi connectivity index (χ0) is 2.71. The first kappa shape index (κ1) is 35.6. The Balaban J connectivity index is -0.00000000333. The Bertz CT molecular complexity index is 12.9. The van der Waals surface area contributed by atoms with Crippen LogP contribution in [0.5, 0.6) is 0 Å². The second kappa shape index (κ2) is 42.6. The van der Waals surface area contributed by atoms with Gasteiger partial charge >= 0.3 is 0 Å². The summed E-state index contributed by atoms with van der Waals surface area (Å²) in [5, 5.41) is 0.194. The van der Waals surface area contributed by atoms with Crippen LogP contribution < -0.4 is 0 Å². The average molecular weight is 338 g/mol. The first-order valence-corrected chi connectivity index (χ1v) is 1.60. The van der Waals surface area contributed by atoms with Gasteiger partial charge in [-0.2, -0.15) is 0 Å². The largest absolute Gasteiger partial charge is 0.114 e. The molecule has 0 N–H and O–H groups in total. The Kier molecular flexibility index (Phi) is 217. The molecule has 0 heterocycles. The van der Waals surface area contributed by atoms with E-state index in [0.29, 0.717) is 0 Å². The Labute approximate surface area is 87.2 Å². The van der Waals surface area contributed by atoms with E-state index in [2.05, 4.69) is 0 Å². The van der Waals surface area contributed by atoms with E-state index in [-0.39, 0.29) is 64.7 Å². The molecule has 0 amide bonds. The van der Waals surface area contributed by atoms with E-state index in [9.17, 15) is 0 Å². The molecule has 0 saturated heterocycles. The van der Waals surface area contributed by atoms with Crippen LogP contribution in [0.4, 0.5) is 0 Å². The molecule has 0 saturated carbocycles. The van der Waals surface area contributed by atoms with Gasteiger partial charge in [0.05, 0.1) is 5.34 Å². The minimum absolute atomic E-state index is 0. The maximum atomic E-state index is 4.76. The van der Waals surface area contributed by atoms with Crippen molar-refractivity contribution in [2.24, 2.45) is 0 Å². The van der Waals surface area contributed by atoms with Gasteiger partial charge in [-0.1, -0.05) is 0 Å². The molecule has 7 heavy (non-hydrogen) atoms. The van der Waals surface area contributed by atoms with E-state index in [4.69, 9.17) is 23.2 Å². The minimum Gasteiger partial charge on any atom is -0.114 e. The van der Waals surface area contributed by atoms with E-state index in [0.717, 1.165) is 0 Å². The third kappa shape index (κ3) is 68.9. The first-order valence-electron chi connectivity index (χ1n) is 0.535. The molecule has 0 aromatic rings. The lowest BCUT2D eigenvalue weighted by atomic mass is 10.8. The van der Waals surface area contributed by atoms with Gasteiger partial charge in [0.1, 0.15) is 0 Å². The van der Waals surface area contributed by atoms with Gasteiger partial charge in [0.2, 0.25) is 0 Å². The molecule has 0 unspecified atom stereocenters. The Morgan fingerprint density at radius 3 is 0.857 bits per heavy atom. The zero-order valence-electron chi connectivity index (χ0n) is 3.27. The predicted octanol–water partition coefficient (Wildman–Crippen LogP) is 2.77. The van der Waals surface area contributed by atoms with Crippen molar-refractivity contribution in [3.05, 3.63) is 0 Å². The van der Waals surface area contributed by atoms with Crippen LogP contribution in [-0.4, -0.2) is 13.8 Å². The Morgan fingerprint density at radius 2 is 0.857 bits per heavy atom. The maximum absolute atomic E-state index is 4.76. The normalized spacial score (nSPS) is 2.57. The summed E-state index contributed by atoms with van der Waals surface area (Å²) in [7, 11) is 0. The second-order valence-corrected chi connectivity index (χ2v) is 0.909. The van der Waals surface area contributed by atoms with Crippen molar-refractivity contribution in [2.45, 2.75) is 0 Å². The summed E-state index contributed by atoms with van der Waals surface area (Å²) in [6.07, 6.45) is 0. The molecule has 0 aliphatic rings. The lowest BCUT2D eigenvalue weighted by Gasteiger charge is -1.42. The highest BCUT2D eigenvalue weighted by Crippen LogP contribution is 1.73. The van der Waals surface area contributed by atoms with Crippen molar-refractivity contribution in [2.75, 3.05) is 5.34 Å². The van der Waals surface area contributed by atoms with E-state index >= 15 is 0 Å². The Morgan fingerprint density at radius 1 is 0.857 bits per heavy atom. The minimum atomic E-state index is 0. The van der Waals surface area contributed by atoms with Crippen molar-refractivity contribution >= 4 is 82.6 Å². The van der Waals surface area contributed by atoms with Crippen molar-refractivity contribution in [3.8, 4) is 0 Å². The van der Waals surface area contributed by atoms with Crippen LogP contribution in [0.25, 0.3) is 0 Å². The lowest BCUT2D eigenvalue weighted by Crippen LogP contribution is -1.24. The van der Waals surface area contributed by atoms with Gasteiger partial charge < -0.3 is 0 Å². The van der Waals surface area contributed by atoms with Crippen LogP contribution in [0.3, 0.4) is 0 Å². The molecular weight excluding hydrogens is 333 g/mol. The van der Waals surface area contributed by atoms with Crippen LogP contribution >= 0.6 is 74.1 Å². The molecule has 47 valence electrons. The van der Waals surface area contributed by atoms with E-state index in [1.54, 1.807) is 0 Å². The van der Waals surface area contributed by atoms with Gasteiger partial charge in [-0.05, 0) is 0 Å². The molecule has 0 fully saturated rings. The monoisotopic (exact) mass is 335 g/mol. The summed E-state index contributed by atoms with van der Waals surface area (Å²) in [5.41, 5.74) is 0. The SMILES string of the molecule is Br.Br.Br.ClCCl.[B]. The summed E-state index contributed by atoms with van der Waals surface area (Å²) in [6, 6.07) is 0. The summed E-state index contributed by atoms with van der Waals surface area (Å²) in [4.78, 5) is 0. The fourth-order valence-corrected chi connectivity index (χ4v) is 0. The zero-order valence-corrected chi connectivity index (χ0v) is 9.92. The Hall–Kier alpha value is 2.08. The van der Waals surface area contributed by atoms with Crippen LogP contribution in [0.1, 0.15) is 0 Å². The standard InChI is InChI=1S/CH2Cl2.B.3BrH/c2-1-3;;;;/h1H2;;3*1H. The maximum Gasteiger partial charge on any atom is 0.0967 e. The van der Waals surface area contributed by atoms with E-state index in [1.807, 2.05) is 0 Å². The highest BCUT2D eigenvalue weighted by Gasteiger charge is 1.41. The third-order valence-corrected chi connectivity index (χ3v) is 0. The van der Waals surface area contributed by atoms with Crippen molar-refractivity contribution < 1.29 is 0 Å². The number of halogens is 5. The molecule has 3 radical (unpaired) electrons. The van der Waals surface area contributed by atoms with Crippen LogP contribution in [0, 0.1) is 0 Å². The van der Waals surface area contributed by atoms with Crippen LogP contribution in [0.15, 0.2) is 0 Å². The molecule has 0 nitrogen and oxygen atoms in total. The molecule has 0 atom stereocenters. The molecular formula is CH5BBr3Cl2. The first-order chi connectivity index (χ1) is 1.41. The summed E-state index contributed by atoms with van der Waals surface area (Å²) in [6.45, 7) is 0. The molecule has 0 spiro atoms. The molecule has 0 aromatic carbocycles. The summed E-state index contributed by atoms with van der Waals surface area (Å²) >= 11 is 9.53. The van der Waals surface area contributed by atoms with Crippen molar-refractivity contribution in [1.29, 1.82) is 0 Å². The quantitative estimate of drug-likeness (QED) is 0.471. The highest BCUT2D eigenvalue weighted by molar-refractivity contribution is 8.93. The van der Waals surface area contributed by atoms with Gasteiger partial charge in [0.15, 0.2) is 0 Å². The van der Waals surface area contributed by atoms with Crippen molar-refractivity contribution in [1.82, 2.24) is 0 Å².